The van der Waals surface area contributed by atoms with E-state index in [1.54, 1.807) is 0 Å². The van der Waals surface area contributed by atoms with Gasteiger partial charge in [-0.15, -0.1) is 0 Å². The van der Waals surface area contributed by atoms with E-state index in [-0.39, 0.29) is 36.2 Å². The molecule has 1 N–H and O–H groups in total. The molecule has 0 aromatic carbocycles. The Kier molecular flexibility index (Phi) is 26.4. The smallest absolute Gasteiger partial charge is 0.362 e. The molecule has 0 heterocycles. The van der Waals surface area contributed by atoms with Gasteiger partial charge in [0, 0.05) is 19.3 Å². The van der Waals surface area contributed by atoms with Gasteiger partial charge in [0.1, 0.15) is 6.61 Å². The zero-order valence-electron chi connectivity index (χ0n) is 28.4. The van der Waals surface area contributed by atoms with Crippen LogP contribution in [0.15, 0.2) is 12.2 Å². The quantitative estimate of drug-likeness (QED) is 0.0380. The Bertz CT molecular complexity index is 732. The molecule has 0 amide bonds. The number of nitrogens with zero attached hydrogens (tertiary/aromatic N) is 1. The molecule has 0 aliphatic carbocycles. The Hall–Kier alpha value is -1.93. The van der Waals surface area contributed by atoms with E-state index < -0.39 is 18.1 Å². The number of carboxylic acids is 1. The number of aliphatic carboxylic acids is 1. The average molecular weight is 613 g/mol. The zero-order valence-corrected chi connectivity index (χ0v) is 28.4. The first-order valence-corrected chi connectivity index (χ1v) is 17.2. The first-order chi connectivity index (χ1) is 20.6. The molecule has 2 atom stereocenters. The largest absolute Gasteiger partial charge is 0.477 e. The van der Waals surface area contributed by atoms with Crippen LogP contribution in [0.4, 0.5) is 0 Å². The van der Waals surface area contributed by atoms with E-state index in [9.17, 15) is 19.5 Å². The molecule has 0 spiro atoms. The minimum Gasteiger partial charge on any atom is -0.477 e. The van der Waals surface area contributed by atoms with Gasteiger partial charge in [-0.25, -0.2) is 4.79 Å². The highest BCUT2D eigenvalue weighted by atomic mass is 16.6. The standard InChI is InChI=1S/C35H65NO7/c1-6-8-9-10-11-12-13-14-15-16-17-18-19-20-21-22-23-24-26-34(38)43-31(30-42-33(37)25-7-2)29-41-28-27-32(35(39)40)36(3,4)5/h15-16,31-32H,6-14,17-30H2,1-5H3/p+1/b16-15-. The second kappa shape index (κ2) is 27.6. The second-order valence-corrected chi connectivity index (χ2v) is 12.8. The molecule has 0 aromatic heterocycles. The molecule has 2 unspecified atom stereocenters. The van der Waals surface area contributed by atoms with Crippen molar-refractivity contribution in [3.8, 4) is 0 Å². The molecule has 252 valence electrons. The molecular formula is C35H66NO7+. The SMILES string of the molecule is CCCCCCCCC/C=C\CCCCCCCCCC(=O)OC(COCCC(C(=O)O)[N+](C)(C)C)COC(=O)CCC. The summed E-state index contributed by atoms with van der Waals surface area (Å²) >= 11 is 0. The summed E-state index contributed by atoms with van der Waals surface area (Å²) in [7, 11) is 5.48. The van der Waals surface area contributed by atoms with Crippen LogP contribution in [0.25, 0.3) is 0 Å². The van der Waals surface area contributed by atoms with Gasteiger partial charge in [0.2, 0.25) is 0 Å². The Morgan fingerprint density at radius 3 is 1.72 bits per heavy atom. The summed E-state index contributed by atoms with van der Waals surface area (Å²) < 4.78 is 16.8. The van der Waals surface area contributed by atoms with Gasteiger partial charge < -0.3 is 23.8 Å². The summed E-state index contributed by atoms with van der Waals surface area (Å²) in [6, 6.07) is -0.607. The number of likely N-dealkylation sites (N-methyl/N-ethyl adjacent to an activating group) is 1. The van der Waals surface area contributed by atoms with E-state index >= 15 is 0 Å². The predicted molar refractivity (Wildman–Crippen MR) is 174 cm³/mol. The van der Waals surface area contributed by atoms with Crippen LogP contribution in [0.5, 0.6) is 0 Å². The van der Waals surface area contributed by atoms with Crippen molar-refractivity contribution in [1.29, 1.82) is 0 Å². The number of hydrogen-bond donors (Lipinski definition) is 1. The van der Waals surface area contributed by atoms with Crippen LogP contribution in [0.2, 0.25) is 0 Å². The van der Waals surface area contributed by atoms with Crippen molar-refractivity contribution >= 4 is 17.9 Å². The number of esters is 2. The summed E-state index contributed by atoms with van der Waals surface area (Å²) in [4.78, 5) is 35.8. The summed E-state index contributed by atoms with van der Waals surface area (Å²) in [6.45, 7) is 4.36. The molecule has 0 aliphatic heterocycles. The predicted octanol–water partition coefficient (Wildman–Crippen LogP) is 8.02. The van der Waals surface area contributed by atoms with E-state index in [1.165, 1.54) is 83.5 Å². The van der Waals surface area contributed by atoms with E-state index in [0.717, 1.165) is 19.3 Å². The molecule has 0 saturated carbocycles. The van der Waals surface area contributed by atoms with Gasteiger partial charge in [-0.2, -0.15) is 0 Å². The van der Waals surface area contributed by atoms with Crippen LogP contribution in [-0.2, 0) is 28.6 Å². The summed E-state index contributed by atoms with van der Waals surface area (Å²) in [5.41, 5.74) is 0. The maximum atomic E-state index is 12.5. The number of rotatable bonds is 30. The maximum Gasteiger partial charge on any atom is 0.362 e. The third-order valence-electron chi connectivity index (χ3n) is 7.63. The molecular weight excluding hydrogens is 546 g/mol. The van der Waals surface area contributed by atoms with Gasteiger partial charge >= 0.3 is 17.9 Å². The number of unbranched alkanes of at least 4 members (excludes halogenated alkanes) is 14. The normalized spacial score (nSPS) is 13.2. The Morgan fingerprint density at radius 2 is 1.21 bits per heavy atom. The molecule has 0 saturated heterocycles. The second-order valence-electron chi connectivity index (χ2n) is 12.8. The van der Waals surface area contributed by atoms with Crippen LogP contribution in [-0.4, -0.2) is 80.6 Å². The van der Waals surface area contributed by atoms with Gasteiger partial charge in [-0.05, 0) is 38.5 Å². The van der Waals surface area contributed by atoms with Crippen molar-refractivity contribution in [2.75, 3.05) is 41.0 Å². The van der Waals surface area contributed by atoms with E-state index in [0.29, 0.717) is 25.7 Å². The molecule has 0 rings (SSSR count). The maximum absolute atomic E-state index is 12.5. The number of carbonyl (C=O) groups excluding carboxylic acids is 2. The van der Waals surface area contributed by atoms with Crippen LogP contribution in [0.1, 0.15) is 142 Å². The van der Waals surface area contributed by atoms with Crippen LogP contribution in [0, 0.1) is 0 Å². The number of quaternary nitrogens is 1. The van der Waals surface area contributed by atoms with Gasteiger partial charge in [0.05, 0.1) is 34.4 Å². The average Bonchev–Trinajstić information content (AvgIpc) is 2.94. The minimum absolute atomic E-state index is 0.0585. The van der Waals surface area contributed by atoms with Gasteiger partial charge in [0.25, 0.3) is 0 Å². The minimum atomic E-state index is -0.880. The lowest BCUT2D eigenvalue weighted by Gasteiger charge is -2.31. The summed E-state index contributed by atoms with van der Waals surface area (Å²) in [5, 5.41) is 9.48. The van der Waals surface area contributed by atoms with Crippen molar-refractivity contribution < 1.29 is 38.2 Å². The molecule has 8 heteroatoms. The first-order valence-electron chi connectivity index (χ1n) is 17.2. The highest BCUT2D eigenvalue weighted by molar-refractivity contribution is 5.72. The van der Waals surface area contributed by atoms with Crippen LogP contribution >= 0.6 is 0 Å². The third-order valence-corrected chi connectivity index (χ3v) is 7.63. The fourth-order valence-electron chi connectivity index (χ4n) is 4.95. The molecule has 0 aliphatic rings. The fourth-order valence-corrected chi connectivity index (χ4v) is 4.95. The highest BCUT2D eigenvalue weighted by Gasteiger charge is 2.31. The molecule has 8 nitrogen and oxygen atoms in total. The highest BCUT2D eigenvalue weighted by Crippen LogP contribution is 2.13. The Balaban J connectivity index is 4.06. The summed E-state index contributed by atoms with van der Waals surface area (Å²) in [6.07, 6.45) is 25.4. The van der Waals surface area contributed by atoms with Crippen molar-refractivity contribution in [3.05, 3.63) is 12.2 Å². The Labute approximate surface area is 263 Å². The number of carboxylic acid groups (broad SMARTS) is 1. The Morgan fingerprint density at radius 1 is 0.674 bits per heavy atom. The number of ether oxygens (including phenoxy) is 3. The fraction of sp³-hybridized carbons (Fsp3) is 0.857. The molecule has 0 aromatic rings. The lowest BCUT2D eigenvalue weighted by molar-refractivity contribution is -0.887. The number of carbonyl (C=O) groups is 3. The van der Waals surface area contributed by atoms with Crippen molar-refractivity contribution in [2.24, 2.45) is 0 Å². The molecule has 0 fully saturated rings. The zero-order chi connectivity index (χ0) is 32.2. The molecule has 43 heavy (non-hydrogen) atoms. The lowest BCUT2D eigenvalue weighted by atomic mass is 10.1. The van der Waals surface area contributed by atoms with E-state index in [2.05, 4.69) is 19.1 Å². The third kappa shape index (κ3) is 26.2. The van der Waals surface area contributed by atoms with Gasteiger partial charge in [0.15, 0.2) is 12.1 Å². The van der Waals surface area contributed by atoms with Crippen LogP contribution in [0.3, 0.4) is 0 Å². The van der Waals surface area contributed by atoms with Gasteiger partial charge in [-0.1, -0.05) is 96.6 Å². The van der Waals surface area contributed by atoms with Crippen molar-refractivity contribution in [3.63, 3.8) is 0 Å². The van der Waals surface area contributed by atoms with Crippen LogP contribution < -0.4 is 0 Å². The van der Waals surface area contributed by atoms with E-state index in [1.807, 2.05) is 28.1 Å². The van der Waals surface area contributed by atoms with Crippen molar-refractivity contribution in [1.82, 2.24) is 0 Å². The van der Waals surface area contributed by atoms with Crippen molar-refractivity contribution in [2.45, 2.75) is 154 Å². The first kappa shape index (κ1) is 41.1. The topological polar surface area (TPSA) is 99.1 Å². The van der Waals surface area contributed by atoms with E-state index in [4.69, 9.17) is 14.2 Å². The number of allylic oxidation sites excluding steroid dienone is 2. The monoisotopic (exact) mass is 612 g/mol. The lowest BCUT2D eigenvalue weighted by Crippen LogP contribution is -2.50. The summed E-state index contributed by atoms with van der Waals surface area (Å²) in [5.74, 6) is -1.54. The molecule has 0 bridgehead atoms. The number of hydrogen-bond acceptors (Lipinski definition) is 6. The molecule has 0 radical (unpaired) electrons. The van der Waals surface area contributed by atoms with Gasteiger partial charge in [-0.3, -0.25) is 9.59 Å².